The van der Waals surface area contributed by atoms with Gasteiger partial charge in [-0.15, -0.1) is 0 Å². The summed E-state index contributed by atoms with van der Waals surface area (Å²) in [6, 6.07) is 8.39. The van der Waals surface area contributed by atoms with Crippen LogP contribution in [0.2, 0.25) is 0 Å². The normalized spacial score (nSPS) is 11.5. The number of hydrogen-bond donors (Lipinski definition) is 1. The molecule has 20 heavy (non-hydrogen) atoms. The van der Waals surface area contributed by atoms with E-state index in [0.717, 1.165) is 17.9 Å². The molecule has 0 spiro atoms. The highest BCUT2D eigenvalue weighted by molar-refractivity contribution is 5.67. The van der Waals surface area contributed by atoms with Crippen molar-refractivity contribution in [3.05, 3.63) is 35.4 Å². The van der Waals surface area contributed by atoms with Crippen molar-refractivity contribution in [3.63, 3.8) is 0 Å². The first-order valence-corrected chi connectivity index (χ1v) is 7.31. The van der Waals surface area contributed by atoms with Crippen molar-refractivity contribution >= 4 is 6.09 Å². The summed E-state index contributed by atoms with van der Waals surface area (Å²) in [5, 5.41) is 2.76. The summed E-state index contributed by atoms with van der Waals surface area (Å²) in [4.78, 5) is 11.5. The van der Waals surface area contributed by atoms with Crippen LogP contribution in [0.5, 0.6) is 0 Å². The molecule has 0 bridgehead atoms. The highest BCUT2D eigenvalue weighted by Gasteiger charge is 2.15. The second kappa shape index (κ2) is 7.32. The van der Waals surface area contributed by atoms with Crippen LogP contribution < -0.4 is 5.32 Å². The van der Waals surface area contributed by atoms with Gasteiger partial charge in [0, 0.05) is 6.54 Å². The molecule has 1 N–H and O–H groups in total. The van der Waals surface area contributed by atoms with Crippen molar-refractivity contribution in [2.75, 3.05) is 0 Å². The zero-order chi connectivity index (χ0) is 15.2. The van der Waals surface area contributed by atoms with E-state index in [-0.39, 0.29) is 6.09 Å². The minimum atomic E-state index is -0.454. The molecule has 0 heterocycles. The zero-order valence-electron chi connectivity index (χ0n) is 13.3. The molecule has 1 amide bonds. The maximum Gasteiger partial charge on any atom is 0.407 e. The summed E-state index contributed by atoms with van der Waals surface area (Å²) in [7, 11) is 0. The van der Waals surface area contributed by atoms with Crippen LogP contribution in [0.25, 0.3) is 0 Å². The van der Waals surface area contributed by atoms with Crippen molar-refractivity contribution < 1.29 is 9.53 Å². The Hall–Kier alpha value is -1.51. The summed E-state index contributed by atoms with van der Waals surface area (Å²) < 4.78 is 5.20. The Balaban J connectivity index is 2.40. The smallest absolute Gasteiger partial charge is 0.407 e. The van der Waals surface area contributed by atoms with Gasteiger partial charge < -0.3 is 10.1 Å². The zero-order valence-corrected chi connectivity index (χ0v) is 13.3. The van der Waals surface area contributed by atoms with Crippen molar-refractivity contribution in [1.29, 1.82) is 0 Å². The van der Waals surface area contributed by atoms with Crippen molar-refractivity contribution in [3.8, 4) is 0 Å². The molecule has 3 nitrogen and oxygen atoms in total. The van der Waals surface area contributed by atoms with E-state index < -0.39 is 5.60 Å². The van der Waals surface area contributed by atoms with Gasteiger partial charge >= 0.3 is 6.09 Å². The molecule has 3 heteroatoms. The Morgan fingerprint density at radius 1 is 1.15 bits per heavy atom. The van der Waals surface area contributed by atoms with Gasteiger partial charge in [0.25, 0.3) is 0 Å². The average molecular weight is 277 g/mol. The molecule has 1 aromatic rings. The van der Waals surface area contributed by atoms with Crippen LogP contribution in [-0.4, -0.2) is 11.7 Å². The summed E-state index contributed by atoms with van der Waals surface area (Å²) in [6.07, 6.45) is 1.94. The minimum absolute atomic E-state index is 0.374. The van der Waals surface area contributed by atoms with Crippen LogP contribution in [0.4, 0.5) is 4.79 Å². The van der Waals surface area contributed by atoms with E-state index in [2.05, 4.69) is 43.4 Å². The van der Waals surface area contributed by atoms with Gasteiger partial charge in [-0.3, -0.25) is 0 Å². The van der Waals surface area contributed by atoms with Crippen LogP contribution in [0.1, 0.15) is 52.2 Å². The lowest BCUT2D eigenvalue weighted by molar-refractivity contribution is 0.0523. The number of nitrogens with one attached hydrogen (secondary N) is 1. The average Bonchev–Trinajstić information content (AvgIpc) is 2.33. The molecule has 112 valence electrons. The van der Waals surface area contributed by atoms with E-state index in [1.807, 2.05) is 20.8 Å². The van der Waals surface area contributed by atoms with Gasteiger partial charge in [-0.1, -0.05) is 38.1 Å². The summed E-state index contributed by atoms with van der Waals surface area (Å²) in [5.74, 6) is 0.725. The quantitative estimate of drug-likeness (QED) is 0.871. The van der Waals surface area contributed by atoms with Crippen molar-refractivity contribution in [2.45, 2.75) is 59.6 Å². The number of hydrogen-bond acceptors (Lipinski definition) is 2. The molecular formula is C17H27NO2. The largest absolute Gasteiger partial charge is 0.444 e. The van der Waals surface area contributed by atoms with Crippen LogP contribution >= 0.6 is 0 Å². The van der Waals surface area contributed by atoms with Crippen LogP contribution in [-0.2, 0) is 17.7 Å². The number of amides is 1. The number of carbonyl (C=O) groups is 1. The van der Waals surface area contributed by atoms with E-state index in [1.54, 1.807) is 0 Å². The van der Waals surface area contributed by atoms with Gasteiger partial charge in [-0.2, -0.15) is 0 Å². The molecule has 0 saturated carbocycles. The van der Waals surface area contributed by atoms with E-state index in [4.69, 9.17) is 4.74 Å². The first-order chi connectivity index (χ1) is 9.26. The van der Waals surface area contributed by atoms with Crippen LogP contribution in [0.15, 0.2) is 24.3 Å². The maximum atomic E-state index is 11.5. The Kier molecular flexibility index (Phi) is 6.05. The standard InChI is InChI=1S/C17H27NO2/c1-13(2)6-7-14-8-10-15(11-9-14)12-18-16(19)20-17(3,4)5/h8-11,13H,6-7,12H2,1-5H3,(H,18,19). The number of aryl methyl sites for hydroxylation is 1. The second-order valence-electron chi connectivity index (χ2n) is 6.60. The fourth-order valence-electron chi connectivity index (χ4n) is 1.77. The van der Waals surface area contributed by atoms with Gasteiger partial charge in [0.05, 0.1) is 0 Å². The van der Waals surface area contributed by atoms with Crippen molar-refractivity contribution in [1.82, 2.24) is 5.32 Å². The fraction of sp³-hybridized carbons (Fsp3) is 0.588. The molecule has 0 atom stereocenters. The monoisotopic (exact) mass is 277 g/mol. The number of carbonyl (C=O) groups excluding carboxylic acids is 1. The number of ether oxygens (including phenoxy) is 1. The summed E-state index contributed by atoms with van der Waals surface area (Å²) in [5.41, 5.74) is 1.98. The Morgan fingerprint density at radius 3 is 2.20 bits per heavy atom. The molecule has 1 aromatic carbocycles. The topological polar surface area (TPSA) is 38.3 Å². The lowest BCUT2D eigenvalue weighted by atomic mass is 10.0. The molecule has 0 saturated heterocycles. The third-order valence-corrected chi connectivity index (χ3v) is 2.87. The third-order valence-electron chi connectivity index (χ3n) is 2.87. The Labute approximate surface area is 122 Å². The summed E-state index contributed by atoms with van der Waals surface area (Å²) >= 11 is 0. The van der Waals surface area contributed by atoms with E-state index >= 15 is 0 Å². The lowest BCUT2D eigenvalue weighted by Gasteiger charge is -2.19. The minimum Gasteiger partial charge on any atom is -0.444 e. The molecule has 0 aromatic heterocycles. The highest BCUT2D eigenvalue weighted by atomic mass is 16.6. The molecule has 0 aliphatic rings. The Bertz CT molecular complexity index is 416. The van der Waals surface area contributed by atoms with Crippen molar-refractivity contribution in [2.24, 2.45) is 5.92 Å². The van der Waals surface area contributed by atoms with Gasteiger partial charge in [0.15, 0.2) is 0 Å². The van der Waals surface area contributed by atoms with Gasteiger partial charge in [-0.05, 0) is 50.7 Å². The Morgan fingerprint density at radius 2 is 1.70 bits per heavy atom. The second-order valence-corrected chi connectivity index (χ2v) is 6.60. The first-order valence-electron chi connectivity index (χ1n) is 7.31. The number of benzene rings is 1. The number of alkyl carbamates (subject to hydrolysis) is 1. The molecule has 0 fully saturated rings. The van der Waals surface area contributed by atoms with E-state index in [9.17, 15) is 4.79 Å². The number of rotatable bonds is 5. The molecule has 0 radical (unpaired) electrons. The van der Waals surface area contributed by atoms with Gasteiger partial charge in [-0.25, -0.2) is 4.79 Å². The van der Waals surface area contributed by atoms with Gasteiger partial charge in [0.1, 0.15) is 5.60 Å². The molecule has 0 aliphatic heterocycles. The molecular weight excluding hydrogens is 250 g/mol. The first kappa shape index (κ1) is 16.5. The molecule has 1 rings (SSSR count). The summed E-state index contributed by atoms with van der Waals surface area (Å²) in [6.45, 7) is 10.5. The van der Waals surface area contributed by atoms with Gasteiger partial charge in [0.2, 0.25) is 0 Å². The highest BCUT2D eigenvalue weighted by Crippen LogP contribution is 2.11. The SMILES string of the molecule is CC(C)CCc1ccc(CNC(=O)OC(C)(C)C)cc1. The predicted octanol–water partition coefficient (Wildman–Crippen LogP) is 4.30. The van der Waals surface area contributed by atoms with Crippen LogP contribution in [0.3, 0.4) is 0 Å². The fourth-order valence-corrected chi connectivity index (χ4v) is 1.77. The molecule has 0 aliphatic carbocycles. The van der Waals surface area contributed by atoms with E-state index in [1.165, 1.54) is 12.0 Å². The lowest BCUT2D eigenvalue weighted by Crippen LogP contribution is -2.32. The predicted molar refractivity (Wildman–Crippen MR) is 82.7 cm³/mol. The van der Waals surface area contributed by atoms with E-state index in [0.29, 0.717) is 6.54 Å². The molecule has 0 unspecified atom stereocenters. The maximum absolute atomic E-state index is 11.5. The third kappa shape index (κ3) is 7.17. The van der Waals surface area contributed by atoms with Crippen LogP contribution in [0, 0.1) is 5.92 Å².